The molecule has 1 N–H and O–H groups in total. The third kappa shape index (κ3) is 3.18. The van der Waals surface area contributed by atoms with E-state index in [1.165, 1.54) is 36.2 Å². The van der Waals surface area contributed by atoms with Gasteiger partial charge in [0.15, 0.2) is 16.7 Å². The van der Waals surface area contributed by atoms with Gasteiger partial charge >= 0.3 is 6.29 Å². The van der Waals surface area contributed by atoms with Gasteiger partial charge in [-0.3, -0.25) is 0 Å². The molecular formula is C19H17F2N3O2S. The molecule has 3 heterocycles. The number of para-hydroxylation sites is 1. The monoisotopic (exact) mass is 389 g/mol. The summed E-state index contributed by atoms with van der Waals surface area (Å²) >= 11 is 1.59. The Bertz CT molecular complexity index is 957. The normalized spacial score (nSPS) is 17.8. The molecule has 8 heteroatoms. The minimum Gasteiger partial charge on any atom is -0.395 e. The molecule has 0 aliphatic carbocycles. The molecule has 2 aliphatic heterocycles. The van der Waals surface area contributed by atoms with E-state index in [9.17, 15) is 8.78 Å². The number of hydrogen-bond acceptors (Lipinski definition) is 5. The Balaban J connectivity index is 1.36. The van der Waals surface area contributed by atoms with Crippen LogP contribution in [0.2, 0.25) is 0 Å². The fourth-order valence-corrected chi connectivity index (χ4v) is 4.43. The first-order valence-electron chi connectivity index (χ1n) is 8.83. The molecule has 0 unspecified atom stereocenters. The molecule has 1 saturated heterocycles. The highest BCUT2D eigenvalue weighted by atomic mass is 32.2. The predicted molar refractivity (Wildman–Crippen MR) is 99.7 cm³/mol. The summed E-state index contributed by atoms with van der Waals surface area (Å²) in [6.07, 6.45) is -1.14. The van der Waals surface area contributed by atoms with Crippen molar-refractivity contribution >= 4 is 28.5 Å². The summed E-state index contributed by atoms with van der Waals surface area (Å²) in [5, 5.41) is 0.733. The molecule has 1 aromatic heterocycles. The molecule has 140 valence electrons. The number of alkyl halides is 2. The summed E-state index contributed by atoms with van der Waals surface area (Å²) < 4.78 is 35.3. The third-order valence-corrected chi connectivity index (χ3v) is 5.71. The highest BCUT2D eigenvalue weighted by molar-refractivity contribution is 7.98. The highest BCUT2D eigenvalue weighted by Crippen LogP contribution is 2.43. The van der Waals surface area contributed by atoms with Gasteiger partial charge in [0.1, 0.15) is 0 Å². The quantitative estimate of drug-likeness (QED) is 0.651. The predicted octanol–water partition coefficient (Wildman–Crippen LogP) is 4.78. The first-order valence-corrected chi connectivity index (χ1v) is 9.81. The number of nitrogens with zero attached hydrogens (tertiary/aromatic N) is 2. The molecule has 1 fully saturated rings. The number of H-pyrrole nitrogens is 1. The summed E-state index contributed by atoms with van der Waals surface area (Å²) in [7, 11) is 0. The largest absolute Gasteiger partial charge is 0.586 e. The Labute approximate surface area is 158 Å². The second kappa shape index (κ2) is 6.30. The Morgan fingerprint density at radius 3 is 2.67 bits per heavy atom. The summed E-state index contributed by atoms with van der Waals surface area (Å²) in [4.78, 5) is 10.1. The molecule has 5 rings (SSSR count). The van der Waals surface area contributed by atoms with Crippen LogP contribution < -0.4 is 14.4 Å². The lowest BCUT2D eigenvalue weighted by Gasteiger charge is -2.21. The molecule has 0 spiro atoms. The van der Waals surface area contributed by atoms with E-state index in [1.54, 1.807) is 11.8 Å². The minimum atomic E-state index is -3.61. The maximum absolute atomic E-state index is 13.2. The molecule has 3 aromatic rings. The first kappa shape index (κ1) is 16.7. The van der Waals surface area contributed by atoms with Crippen LogP contribution in [0.1, 0.15) is 18.4 Å². The number of hydrogen-bond donors (Lipinski definition) is 1. The van der Waals surface area contributed by atoms with Crippen LogP contribution in [0.25, 0.3) is 11.0 Å². The van der Waals surface area contributed by atoms with Crippen LogP contribution in [0.5, 0.6) is 11.5 Å². The molecule has 0 amide bonds. The lowest BCUT2D eigenvalue weighted by Crippen LogP contribution is -2.25. The number of thioether (sulfide) groups is 1. The second-order valence-corrected chi connectivity index (χ2v) is 7.60. The topological polar surface area (TPSA) is 50.4 Å². The Morgan fingerprint density at radius 2 is 1.85 bits per heavy atom. The molecule has 5 nitrogen and oxygen atoms in total. The van der Waals surface area contributed by atoms with Gasteiger partial charge in [0.25, 0.3) is 0 Å². The average molecular weight is 389 g/mol. The Kier molecular flexibility index (Phi) is 3.89. The van der Waals surface area contributed by atoms with Crippen LogP contribution in [-0.2, 0) is 5.75 Å². The van der Waals surface area contributed by atoms with E-state index < -0.39 is 6.29 Å². The number of anilines is 1. The van der Waals surface area contributed by atoms with Crippen molar-refractivity contribution in [3.8, 4) is 11.5 Å². The van der Waals surface area contributed by atoms with Gasteiger partial charge in [-0.2, -0.15) is 0 Å². The Morgan fingerprint density at radius 1 is 1.11 bits per heavy atom. The van der Waals surface area contributed by atoms with Crippen molar-refractivity contribution in [1.29, 1.82) is 0 Å². The van der Waals surface area contributed by atoms with E-state index in [2.05, 4.69) is 42.5 Å². The van der Waals surface area contributed by atoms with E-state index in [0.29, 0.717) is 11.0 Å². The third-order valence-electron chi connectivity index (χ3n) is 4.79. The van der Waals surface area contributed by atoms with E-state index in [0.717, 1.165) is 24.0 Å². The van der Waals surface area contributed by atoms with Crippen LogP contribution in [0.15, 0.2) is 41.6 Å². The van der Waals surface area contributed by atoms with Gasteiger partial charge in [0.2, 0.25) is 0 Å². The van der Waals surface area contributed by atoms with Crippen molar-refractivity contribution in [3.63, 3.8) is 0 Å². The number of nitrogens with one attached hydrogen (secondary N) is 1. The number of aromatic amines is 1. The smallest absolute Gasteiger partial charge is 0.395 e. The maximum Gasteiger partial charge on any atom is 0.586 e. The van der Waals surface area contributed by atoms with E-state index in [1.807, 2.05) is 6.07 Å². The summed E-state index contributed by atoms with van der Waals surface area (Å²) in [6.45, 7) is 2.20. The van der Waals surface area contributed by atoms with E-state index in [-0.39, 0.29) is 11.5 Å². The number of benzene rings is 2. The van der Waals surface area contributed by atoms with Gasteiger partial charge in [0.05, 0.1) is 11.0 Å². The van der Waals surface area contributed by atoms with Crippen LogP contribution >= 0.6 is 11.8 Å². The molecule has 2 aromatic carbocycles. The van der Waals surface area contributed by atoms with Crippen LogP contribution in [0.3, 0.4) is 0 Å². The lowest BCUT2D eigenvalue weighted by molar-refractivity contribution is -0.286. The van der Waals surface area contributed by atoms with Gasteiger partial charge < -0.3 is 19.4 Å². The number of ether oxygens (including phenoxy) is 2. The Hall–Kier alpha value is -2.48. The van der Waals surface area contributed by atoms with Crippen molar-refractivity contribution in [2.24, 2.45) is 0 Å². The van der Waals surface area contributed by atoms with Crippen LogP contribution in [-0.4, -0.2) is 29.4 Å². The number of halogens is 2. The van der Waals surface area contributed by atoms with Gasteiger partial charge in [-0.05, 0) is 24.5 Å². The number of aromatic nitrogens is 2. The standard InChI is InChI=1S/C19H17F2N3O2S/c20-19(21)25-16-9-13-14(10-17(16)26-19)23-18(22-13)27-11-12-5-1-2-6-15(12)24-7-3-4-8-24/h1-2,5-6,9-10H,3-4,7-8,11H2,(H,22,23). The average Bonchev–Trinajstić information content (AvgIpc) is 3.34. The van der Waals surface area contributed by atoms with Gasteiger partial charge in [-0.15, -0.1) is 8.78 Å². The van der Waals surface area contributed by atoms with Crippen LogP contribution in [0, 0.1) is 0 Å². The van der Waals surface area contributed by atoms with E-state index in [4.69, 9.17) is 0 Å². The van der Waals surface area contributed by atoms with Crippen molar-refractivity contribution in [3.05, 3.63) is 42.0 Å². The van der Waals surface area contributed by atoms with Gasteiger partial charge in [0, 0.05) is 36.7 Å². The van der Waals surface area contributed by atoms with Crippen molar-refractivity contribution < 1.29 is 18.3 Å². The van der Waals surface area contributed by atoms with Crippen molar-refractivity contribution in [2.45, 2.75) is 30.0 Å². The summed E-state index contributed by atoms with van der Waals surface area (Å²) in [5.41, 5.74) is 3.76. The SMILES string of the molecule is FC1(F)Oc2cc3nc(SCc4ccccc4N4CCCC4)[nH]c3cc2O1. The van der Waals surface area contributed by atoms with Crippen molar-refractivity contribution in [1.82, 2.24) is 9.97 Å². The lowest BCUT2D eigenvalue weighted by atomic mass is 10.2. The summed E-state index contributed by atoms with van der Waals surface area (Å²) in [6, 6.07) is 11.4. The zero-order valence-electron chi connectivity index (χ0n) is 14.4. The molecule has 0 radical (unpaired) electrons. The van der Waals surface area contributed by atoms with Crippen molar-refractivity contribution in [2.75, 3.05) is 18.0 Å². The number of fused-ring (bicyclic) bond motifs is 2. The molecule has 0 atom stereocenters. The second-order valence-electron chi connectivity index (χ2n) is 6.64. The molecule has 27 heavy (non-hydrogen) atoms. The highest BCUT2D eigenvalue weighted by Gasteiger charge is 2.43. The molecule has 0 bridgehead atoms. The number of imidazole rings is 1. The number of rotatable bonds is 4. The van der Waals surface area contributed by atoms with E-state index >= 15 is 0 Å². The zero-order valence-corrected chi connectivity index (χ0v) is 15.2. The molecule has 2 aliphatic rings. The van der Waals surface area contributed by atoms with Gasteiger partial charge in [-0.1, -0.05) is 30.0 Å². The molecule has 0 saturated carbocycles. The minimum absolute atomic E-state index is 0.00919. The fourth-order valence-electron chi connectivity index (χ4n) is 3.54. The fraction of sp³-hybridized carbons (Fsp3) is 0.316. The maximum atomic E-state index is 13.2. The molecular weight excluding hydrogens is 372 g/mol. The van der Waals surface area contributed by atoms with Gasteiger partial charge in [-0.25, -0.2) is 4.98 Å². The summed E-state index contributed by atoms with van der Waals surface area (Å²) in [5.74, 6) is 0.805. The first-order chi connectivity index (χ1) is 13.1. The zero-order chi connectivity index (χ0) is 18.4. The van der Waals surface area contributed by atoms with Crippen LogP contribution in [0.4, 0.5) is 14.5 Å².